The van der Waals surface area contributed by atoms with Crippen LogP contribution in [0.4, 0.5) is 0 Å². The number of nitrogens with one attached hydrogen (secondary N) is 2. The Hall–Kier alpha value is -1.82. The minimum atomic E-state index is -0.688. The van der Waals surface area contributed by atoms with Crippen molar-refractivity contribution in [2.75, 3.05) is 0 Å². The first kappa shape index (κ1) is 14.8. The minimum absolute atomic E-state index is 0.167. The van der Waals surface area contributed by atoms with Crippen LogP contribution in [0, 0.1) is 24.2 Å². The van der Waals surface area contributed by atoms with Gasteiger partial charge in [-0.15, -0.1) is 0 Å². The molecule has 0 unspecified atom stereocenters. The second-order valence-corrected chi connectivity index (χ2v) is 7.76. The van der Waals surface area contributed by atoms with Gasteiger partial charge in [0.1, 0.15) is 5.76 Å². The summed E-state index contributed by atoms with van der Waals surface area (Å²) in [4.78, 5) is 24.8. The summed E-state index contributed by atoms with van der Waals surface area (Å²) in [6.45, 7) is 1.70. The van der Waals surface area contributed by atoms with Crippen LogP contribution in [-0.4, -0.2) is 22.5 Å². The Balaban J connectivity index is 1.45. The molecule has 6 nitrogen and oxygen atoms in total. The highest BCUT2D eigenvalue weighted by molar-refractivity contribution is 5.96. The quantitative estimate of drug-likeness (QED) is 0.724. The maximum Gasteiger partial charge on any atom is 0.273 e. The number of carbonyl (C=O) groups excluding carboxylic acids is 2. The topological polar surface area (TPSA) is 91.6 Å². The normalized spacial score (nSPS) is 37.7. The van der Waals surface area contributed by atoms with Crippen molar-refractivity contribution < 1.29 is 19.1 Å². The van der Waals surface area contributed by atoms with Gasteiger partial charge in [0, 0.05) is 0 Å². The SMILES string of the molecule is Cc1occc1C(=O)NNC(=O)C12C[C@H]3C[C@@H](CC(O)(C3)C1)C2. The monoisotopic (exact) mass is 318 g/mol. The number of rotatable bonds is 2. The smallest absolute Gasteiger partial charge is 0.273 e. The molecule has 1 aromatic heterocycles. The van der Waals surface area contributed by atoms with E-state index in [-0.39, 0.29) is 11.8 Å². The fraction of sp³-hybridized carbons (Fsp3) is 0.647. The van der Waals surface area contributed by atoms with Crippen molar-refractivity contribution in [3.05, 3.63) is 23.7 Å². The summed E-state index contributed by atoms with van der Waals surface area (Å²) in [5.74, 6) is 0.825. The highest BCUT2D eigenvalue weighted by Crippen LogP contribution is 2.61. The average Bonchev–Trinajstić information content (AvgIpc) is 2.88. The molecule has 0 spiro atoms. The Bertz CT molecular complexity index is 651. The molecule has 4 bridgehead atoms. The van der Waals surface area contributed by atoms with Crippen molar-refractivity contribution in [2.24, 2.45) is 17.3 Å². The van der Waals surface area contributed by atoms with Gasteiger partial charge in [0.25, 0.3) is 5.91 Å². The number of amides is 2. The number of hydrogen-bond acceptors (Lipinski definition) is 4. The van der Waals surface area contributed by atoms with Crippen molar-refractivity contribution in [3.8, 4) is 0 Å². The van der Waals surface area contributed by atoms with Gasteiger partial charge in [0.05, 0.1) is 22.8 Å². The molecule has 23 heavy (non-hydrogen) atoms. The van der Waals surface area contributed by atoms with Crippen LogP contribution in [0.2, 0.25) is 0 Å². The predicted octanol–water partition coefficient (Wildman–Crippen LogP) is 1.68. The first-order chi connectivity index (χ1) is 10.9. The number of furan rings is 1. The number of carbonyl (C=O) groups is 2. The number of aliphatic hydroxyl groups is 1. The summed E-state index contributed by atoms with van der Waals surface area (Å²) in [5, 5.41) is 10.7. The molecule has 2 atom stereocenters. The fourth-order valence-corrected chi connectivity index (χ4v) is 5.41. The highest BCUT2D eigenvalue weighted by atomic mass is 16.3. The first-order valence-electron chi connectivity index (χ1n) is 8.26. The van der Waals surface area contributed by atoms with Gasteiger partial charge < -0.3 is 9.52 Å². The first-order valence-corrected chi connectivity index (χ1v) is 8.26. The molecule has 4 saturated carbocycles. The van der Waals surface area contributed by atoms with E-state index in [9.17, 15) is 14.7 Å². The van der Waals surface area contributed by atoms with Gasteiger partial charge >= 0.3 is 0 Å². The van der Waals surface area contributed by atoms with E-state index in [1.807, 2.05) is 0 Å². The zero-order valence-corrected chi connectivity index (χ0v) is 13.2. The number of aryl methyl sites for hydroxylation is 1. The van der Waals surface area contributed by atoms with Gasteiger partial charge in [-0.25, -0.2) is 0 Å². The second-order valence-electron chi connectivity index (χ2n) is 7.76. The lowest BCUT2D eigenvalue weighted by molar-refractivity contribution is -0.178. The molecule has 2 amide bonds. The van der Waals surface area contributed by atoms with E-state index in [1.54, 1.807) is 13.0 Å². The highest BCUT2D eigenvalue weighted by Gasteiger charge is 2.60. The van der Waals surface area contributed by atoms with Gasteiger partial charge in [-0.3, -0.25) is 20.4 Å². The molecule has 0 radical (unpaired) electrons. The van der Waals surface area contributed by atoms with Crippen LogP contribution in [0.1, 0.15) is 54.6 Å². The van der Waals surface area contributed by atoms with Crippen molar-refractivity contribution in [3.63, 3.8) is 0 Å². The van der Waals surface area contributed by atoms with E-state index in [0.29, 0.717) is 29.6 Å². The lowest BCUT2D eigenvalue weighted by atomic mass is 9.47. The van der Waals surface area contributed by atoms with E-state index < -0.39 is 11.0 Å². The van der Waals surface area contributed by atoms with Crippen LogP contribution in [0.3, 0.4) is 0 Å². The Kier molecular flexibility index (Phi) is 3.10. The van der Waals surface area contributed by atoms with Crippen molar-refractivity contribution in [2.45, 2.75) is 51.0 Å². The Morgan fingerprint density at radius 2 is 1.91 bits per heavy atom. The van der Waals surface area contributed by atoms with Crippen LogP contribution >= 0.6 is 0 Å². The van der Waals surface area contributed by atoms with Gasteiger partial charge in [-0.05, 0) is 63.4 Å². The van der Waals surface area contributed by atoms with Gasteiger partial charge in [-0.1, -0.05) is 0 Å². The van der Waals surface area contributed by atoms with Crippen LogP contribution < -0.4 is 10.9 Å². The van der Waals surface area contributed by atoms with Crippen molar-refractivity contribution in [1.29, 1.82) is 0 Å². The third-order valence-electron chi connectivity index (χ3n) is 5.90. The summed E-state index contributed by atoms with van der Waals surface area (Å²) < 4.78 is 5.10. The number of hydrogen-bond donors (Lipinski definition) is 3. The summed E-state index contributed by atoms with van der Waals surface area (Å²) >= 11 is 0. The Morgan fingerprint density at radius 3 is 2.48 bits per heavy atom. The largest absolute Gasteiger partial charge is 0.469 e. The van der Waals surface area contributed by atoms with Gasteiger partial charge in [0.2, 0.25) is 5.91 Å². The molecular formula is C17H22N2O4. The summed E-state index contributed by atoms with van der Waals surface area (Å²) in [6.07, 6.45) is 6.35. The van der Waals surface area contributed by atoms with Gasteiger partial charge in [-0.2, -0.15) is 0 Å². The van der Waals surface area contributed by atoms with Crippen LogP contribution in [-0.2, 0) is 4.79 Å². The molecular weight excluding hydrogens is 296 g/mol. The minimum Gasteiger partial charge on any atom is -0.469 e. The molecule has 4 aliphatic carbocycles. The molecule has 1 heterocycles. The zero-order valence-electron chi connectivity index (χ0n) is 13.2. The summed E-state index contributed by atoms with van der Waals surface area (Å²) in [5.41, 5.74) is 4.26. The summed E-state index contributed by atoms with van der Waals surface area (Å²) in [7, 11) is 0. The molecule has 3 N–H and O–H groups in total. The fourth-order valence-electron chi connectivity index (χ4n) is 5.41. The average molecular weight is 318 g/mol. The molecule has 4 aliphatic rings. The predicted molar refractivity (Wildman–Crippen MR) is 81.1 cm³/mol. The molecule has 0 aromatic carbocycles. The number of hydrazine groups is 1. The van der Waals surface area contributed by atoms with Crippen LogP contribution in [0.25, 0.3) is 0 Å². The molecule has 0 saturated heterocycles. The maximum absolute atomic E-state index is 12.7. The molecule has 0 aliphatic heterocycles. The van der Waals surface area contributed by atoms with E-state index in [0.717, 1.165) is 32.1 Å². The van der Waals surface area contributed by atoms with Gasteiger partial charge in [0.15, 0.2) is 0 Å². The van der Waals surface area contributed by atoms with E-state index in [1.165, 1.54) is 6.26 Å². The molecule has 1 aromatic rings. The summed E-state index contributed by atoms with van der Waals surface area (Å²) in [6, 6.07) is 1.57. The van der Waals surface area contributed by atoms with Crippen LogP contribution in [0.15, 0.2) is 16.7 Å². The van der Waals surface area contributed by atoms with E-state index in [2.05, 4.69) is 10.9 Å². The maximum atomic E-state index is 12.7. The molecule has 6 heteroatoms. The zero-order chi connectivity index (χ0) is 16.2. The third-order valence-corrected chi connectivity index (χ3v) is 5.90. The lowest BCUT2D eigenvalue weighted by Gasteiger charge is -2.59. The lowest BCUT2D eigenvalue weighted by Crippen LogP contribution is -2.61. The Morgan fingerprint density at radius 1 is 1.22 bits per heavy atom. The molecule has 124 valence electrons. The van der Waals surface area contributed by atoms with E-state index >= 15 is 0 Å². The molecule has 5 rings (SSSR count). The van der Waals surface area contributed by atoms with Crippen molar-refractivity contribution in [1.82, 2.24) is 10.9 Å². The molecule has 4 fully saturated rings. The second kappa shape index (κ2) is 4.84. The van der Waals surface area contributed by atoms with E-state index in [4.69, 9.17) is 4.42 Å². The third kappa shape index (κ3) is 2.36. The Labute approximate surface area is 134 Å². The standard InChI is InChI=1S/C17H22N2O4/c1-10-13(2-3-23-10)14(20)18-19-15(21)16-5-11-4-12(6-16)8-17(22,7-11)9-16/h2-3,11-12,22H,4-9H2,1H3,(H,18,20)(H,19,21)/t11-,12-,16?,17?/m1/s1. The van der Waals surface area contributed by atoms with Crippen molar-refractivity contribution >= 4 is 11.8 Å². The van der Waals surface area contributed by atoms with Crippen LogP contribution in [0.5, 0.6) is 0 Å².